The molecule has 6 heteroatoms. The van der Waals surface area contributed by atoms with E-state index in [9.17, 15) is 4.79 Å². The molecule has 4 nitrogen and oxygen atoms in total. The highest BCUT2D eigenvalue weighted by atomic mass is 79.9. The van der Waals surface area contributed by atoms with Crippen LogP contribution in [0.4, 0.5) is 5.13 Å². The molecule has 0 aliphatic heterocycles. The van der Waals surface area contributed by atoms with E-state index in [-0.39, 0.29) is 5.91 Å². The Morgan fingerprint density at radius 1 is 1.39 bits per heavy atom. The molecule has 1 amide bonds. The summed E-state index contributed by atoms with van der Waals surface area (Å²) in [6, 6.07) is 7.18. The van der Waals surface area contributed by atoms with Gasteiger partial charge in [-0.3, -0.25) is 10.1 Å². The van der Waals surface area contributed by atoms with Crippen LogP contribution in [0.1, 0.15) is 29.5 Å². The average Bonchev–Trinajstić information content (AvgIpc) is 2.78. The second-order valence-electron chi connectivity index (χ2n) is 3.73. The molecular formula is C12H12BrN3OS. The molecular weight excluding hydrogens is 314 g/mol. The van der Waals surface area contributed by atoms with Crippen molar-refractivity contribution in [3.8, 4) is 0 Å². The Morgan fingerprint density at radius 3 is 2.78 bits per heavy atom. The Bertz CT molecular complexity index is 539. The minimum absolute atomic E-state index is 0.165. The zero-order valence-corrected chi connectivity index (χ0v) is 12.2. The number of halogens is 1. The largest absolute Gasteiger partial charge is 0.297 e. The molecule has 2 aromatic rings. The number of anilines is 1. The predicted octanol–water partition coefficient (Wildman–Crippen LogP) is 3.51. The van der Waals surface area contributed by atoms with Gasteiger partial charge >= 0.3 is 0 Å². The van der Waals surface area contributed by atoms with E-state index >= 15 is 0 Å². The molecule has 18 heavy (non-hydrogen) atoms. The average molecular weight is 326 g/mol. The molecule has 0 saturated carbocycles. The summed E-state index contributed by atoms with van der Waals surface area (Å²) in [5.41, 5.74) is 0.602. The van der Waals surface area contributed by atoms with Gasteiger partial charge in [0.15, 0.2) is 0 Å². The number of aromatic nitrogens is 2. The zero-order valence-electron chi connectivity index (χ0n) is 9.81. The van der Waals surface area contributed by atoms with Crippen molar-refractivity contribution in [1.82, 2.24) is 9.36 Å². The number of carbonyl (C=O) groups is 1. The molecule has 0 aliphatic rings. The highest BCUT2D eigenvalue weighted by Gasteiger charge is 2.09. The first-order valence-corrected chi connectivity index (χ1v) is 7.15. The zero-order chi connectivity index (χ0) is 13.0. The van der Waals surface area contributed by atoms with Crippen LogP contribution < -0.4 is 5.32 Å². The summed E-state index contributed by atoms with van der Waals surface area (Å²) >= 11 is 4.54. The monoisotopic (exact) mass is 325 g/mol. The molecule has 1 N–H and O–H groups in total. The van der Waals surface area contributed by atoms with E-state index in [1.165, 1.54) is 11.5 Å². The predicted molar refractivity (Wildman–Crippen MR) is 76.0 cm³/mol. The number of benzene rings is 1. The van der Waals surface area contributed by atoms with Gasteiger partial charge in [-0.05, 0) is 30.7 Å². The molecule has 0 bridgehead atoms. The Morgan fingerprint density at radius 2 is 2.11 bits per heavy atom. The van der Waals surface area contributed by atoms with Crippen LogP contribution in [0.25, 0.3) is 0 Å². The van der Waals surface area contributed by atoms with Crippen LogP contribution in [0.5, 0.6) is 0 Å². The van der Waals surface area contributed by atoms with Crippen LogP contribution in [0.3, 0.4) is 0 Å². The van der Waals surface area contributed by atoms with E-state index in [0.717, 1.165) is 23.1 Å². The van der Waals surface area contributed by atoms with Crippen molar-refractivity contribution in [2.75, 3.05) is 5.32 Å². The van der Waals surface area contributed by atoms with E-state index in [1.807, 2.05) is 12.1 Å². The molecule has 0 aliphatic carbocycles. The second kappa shape index (κ2) is 6.06. The lowest BCUT2D eigenvalue weighted by Gasteiger charge is -2.00. The van der Waals surface area contributed by atoms with Crippen molar-refractivity contribution in [2.24, 2.45) is 0 Å². The number of nitrogens with zero attached hydrogens (tertiary/aromatic N) is 2. The number of hydrogen-bond acceptors (Lipinski definition) is 4. The number of nitrogens with one attached hydrogen (secondary N) is 1. The van der Waals surface area contributed by atoms with Crippen molar-refractivity contribution in [1.29, 1.82) is 0 Å². The lowest BCUT2D eigenvalue weighted by Crippen LogP contribution is -2.11. The van der Waals surface area contributed by atoms with Crippen LogP contribution >= 0.6 is 27.5 Å². The molecule has 94 valence electrons. The van der Waals surface area contributed by atoms with Gasteiger partial charge < -0.3 is 0 Å². The van der Waals surface area contributed by atoms with Gasteiger partial charge in [-0.15, -0.1) is 0 Å². The maximum atomic E-state index is 11.9. The number of rotatable bonds is 4. The fraction of sp³-hybridized carbons (Fsp3) is 0.250. The van der Waals surface area contributed by atoms with Crippen molar-refractivity contribution >= 4 is 38.5 Å². The molecule has 0 radical (unpaired) electrons. The summed E-state index contributed by atoms with van der Waals surface area (Å²) in [5, 5.41) is 3.29. The van der Waals surface area contributed by atoms with Gasteiger partial charge in [-0.1, -0.05) is 22.9 Å². The molecule has 0 atom stereocenters. The molecule has 0 spiro atoms. The summed E-state index contributed by atoms with van der Waals surface area (Å²) in [5.74, 6) is 0.621. The molecule has 0 unspecified atom stereocenters. The Hall–Kier alpha value is -1.27. The number of aryl methyl sites for hydroxylation is 1. The van der Waals surface area contributed by atoms with Crippen LogP contribution in [-0.4, -0.2) is 15.3 Å². The molecule has 2 rings (SSSR count). The smallest absolute Gasteiger partial charge is 0.257 e. The quantitative estimate of drug-likeness (QED) is 0.935. The number of hydrogen-bond donors (Lipinski definition) is 1. The SMILES string of the molecule is CCCc1nsc(NC(=O)c2ccc(Br)cc2)n1. The van der Waals surface area contributed by atoms with E-state index in [1.54, 1.807) is 12.1 Å². The molecule has 0 saturated heterocycles. The van der Waals surface area contributed by atoms with E-state index in [2.05, 4.69) is 37.5 Å². The topological polar surface area (TPSA) is 54.9 Å². The Labute approximate surface area is 118 Å². The molecule has 1 heterocycles. The molecule has 1 aromatic carbocycles. The van der Waals surface area contributed by atoms with Crippen LogP contribution in [0.2, 0.25) is 0 Å². The lowest BCUT2D eigenvalue weighted by atomic mass is 10.2. The lowest BCUT2D eigenvalue weighted by molar-refractivity contribution is 0.102. The normalized spacial score (nSPS) is 10.3. The van der Waals surface area contributed by atoms with Gasteiger partial charge in [-0.25, -0.2) is 4.98 Å². The third-order valence-corrected chi connectivity index (χ3v) is 3.47. The van der Waals surface area contributed by atoms with Crippen LogP contribution in [0.15, 0.2) is 28.7 Å². The van der Waals surface area contributed by atoms with Crippen LogP contribution in [-0.2, 0) is 6.42 Å². The van der Waals surface area contributed by atoms with Gasteiger partial charge in [0.1, 0.15) is 5.82 Å². The Kier molecular flexibility index (Phi) is 4.43. The van der Waals surface area contributed by atoms with Crippen molar-refractivity contribution < 1.29 is 4.79 Å². The van der Waals surface area contributed by atoms with Gasteiger partial charge in [0.05, 0.1) is 0 Å². The molecule has 0 fully saturated rings. The summed E-state index contributed by atoms with van der Waals surface area (Å²) in [6.07, 6.45) is 1.83. The van der Waals surface area contributed by atoms with E-state index < -0.39 is 0 Å². The first-order chi connectivity index (χ1) is 8.69. The Balaban J connectivity index is 2.04. The summed E-state index contributed by atoms with van der Waals surface area (Å²) in [7, 11) is 0. The first kappa shape index (κ1) is 13.2. The van der Waals surface area contributed by atoms with Gasteiger partial charge in [0.25, 0.3) is 5.91 Å². The summed E-state index contributed by atoms with van der Waals surface area (Å²) < 4.78 is 5.12. The fourth-order valence-corrected chi connectivity index (χ4v) is 2.27. The van der Waals surface area contributed by atoms with Gasteiger partial charge in [0, 0.05) is 28.0 Å². The van der Waals surface area contributed by atoms with E-state index in [0.29, 0.717) is 10.7 Å². The summed E-state index contributed by atoms with van der Waals surface area (Å²) in [6.45, 7) is 2.07. The maximum Gasteiger partial charge on any atom is 0.257 e. The highest BCUT2D eigenvalue weighted by molar-refractivity contribution is 9.10. The first-order valence-electron chi connectivity index (χ1n) is 5.58. The number of carbonyl (C=O) groups excluding carboxylic acids is 1. The third kappa shape index (κ3) is 3.36. The number of amides is 1. The van der Waals surface area contributed by atoms with Crippen LogP contribution in [0, 0.1) is 0 Å². The minimum Gasteiger partial charge on any atom is -0.297 e. The standard InChI is InChI=1S/C12H12BrN3OS/c1-2-3-10-14-12(18-16-10)15-11(17)8-4-6-9(13)7-5-8/h4-7H,2-3H2,1H3,(H,14,15,16,17). The second-order valence-corrected chi connectivity index (χ2v) is 5.39. The minimum atomic E-state index is -0.165. The van der Waals surface area contributed by atoms with Gasteiger partial charge in [0.2, 0.25) is 5.13 Å². The van der Waals surface area contributed by atoms with Gasteiger partial charge in [-0.2, -0.15) is 4.37 Å². The highest BCUT2D eigenvalue weighted by Crippen LogP contribution is 2.15. The van der Waals surface area contributed by atoms with Crippen molar-refractivity contribution in [3.05, 3.63) is 40.1 Å². The molecule has 1 aromatic heterocycles. The van der Waals surface area contributed by atoms with E-state index in [4.69, 9.17) is 0 Å². The fourth-order valence-electron chi connectivity index (χ4n) is 1.40. The third-order valence-electron chi connectivity index (χ3n) is 2.27. The summed E-state index contributed by atoms with van der Waals surface area (Å²) in [4.78, 5) is 16.2. The van der Waals surface area contributed by atoms with Crippen molar-refractivity contribution in [2.45, 2.75) is 19.8 Å². The maximum absolute atomic E-state index is 11.9. The van der Waals surface area contributed by atoms with Crippen molar-refractivity contribution in [3.63, 3.8) is 0 Å².